The zero-order valence-corrected chi connectivity index (χ0v) is 13.1. The first-order valence-corrected chi connectivity index (χ1v) is 7.40. The molecule has 2 rings (SSSR count). The van der Waals surface area contributed by atoms with E-state index >= 15 is 0 Å². The van der Waals surface area contributed by atoms with Gasteiger partial charge in [0.2, 0.25) is 0 Å². The monoisotopic (exact) mass is 260 g/mol. The number of aryl methyl sites for hydroxylation is 3. The number of hydrogen-bond acceptors (Lipinski definition) is 2. The van der Waals surface area contributed by atoms with E-state index in [1.807, 2.05) is 0 Å². The maximum Gasteiger partial charge on any atom is 0.00434 e. The van der Waals surface area contributed by atoms with Crippen LogP contribution in [0.4, 0.5) is 0 Å². The molecule has 0 saturated carbocycles. The van der Waals surface area contributed by atoms with Crippen molar-refractivity contribution in [3.05, 3.63) is 34.4 Å². The number of rotatable bonds is 5. The van der Waals surface area contributed by atoms with Crippen molar-refractivity contribution in [3.8, 4) is 0 Å². The summed E-state index contributed by atoms with van der Waals surface area (Å²) < 4.78 is 0. The molecule has 1 heterocycles. The van der Waals surface area contributed by atoms with Gasteiger partial charge in [-0.1, -0.05) is 26.0 Å². The van der Waals surface area contributed by atoms with E-state index in [-0.39, 0.29) is 5.41 Å². The molecule has 0 atom stereocenters. The molecule has 1 fully saturated rings. The highest BCUT2D eigenvalue weighted by atomic mass is 15.0. The molecule has 1 aliphatic heterocycles. The molecule has 1 aromatic rings. The van der Waals surface area contributed by atoms with Crippen molar-refractivity contribution in [1.82, 2.24) is 10.6 Å². The van der Waals surface area contributed by atoms with Gasteiger partial charge in [-0.3, -0.25) is 0 Å². The molecule has 2 N–H and O–H groups in total. The highest BCUT2D eigenvalue weighted by Gasteiger charge is 2.24. The quantitative estimate of drug-likeness (QED) is 0.850. The van der Waals surface area contributed by atoms with Crippen molar-refractivity contribution in [2.45, 2.75) is 40.0 Å². The largest absolute Gasteiger partial charge is 0.316 e. The van der Waals surface area contributed by atoms with Gasteiger partial charge in [-0.15, -0.1) is 0 Å². The topological polar surface area (TPSA) is 24.1 Å². The van der Waals surface area contributed by atoms with Crippen molar-refractivity contribution in [3.63, 3.8) is 0 Å². The molecule has 1 saturated heterocycles. The normalized spacial score (nSPS) is 16.5. The molecule has 2 nitrogen and oxygen atoms in total. The zero-order chi connectivity index (χ0) is 14.0. The molecule has 0 amide bonds. The zero-order valence-electron chi connectivity index (χ0n) is 13.1. The Labute approximate surface area is 118 Å². The van der Waals surface area contributed by atoms with E-state index in [4.69, 9.17) is 0 Å². The summed E-state index contributed by atoms with van der Waals surface area (Å²) >= 11 is 0. The van der Waals surface area contributed by atoms with Gasteiger partial charge in [-0.05, 0) is 48.9 Å². The van der Waals surface area contributed by atoms with Gasteiger partial charge in [0.1, 0.15) is 0 Å². The van der Waals surface area contributed by atoms with Crippen LogP contribution in [0.25, 0.3) is 0 Å². The van der Waals surface area contributed by atoms with E-state index in [0.29, 0.717) is 0 Å². The molecule has 0 bridgehead atoms. The van der Waals surface area contributed by atoms with Crippen molar-refractivity contribution >= 4 is 0 Å². The minimum Gasteiger partial charge on any atom is -0.316 e. The standard InChI is InChI=1S/C17H28N2/c1-12-6-14(3)16(7-13(12)2)17(4,5)11-19-10-15-8-18-9-15/h6-7,15,18-19H,8-11H2,1-5H3. The molecule has 1 aromatic carbocycles. The molecule has 1 aliphatic rings. The van der Waals surface area contributed by atoms with Gasteiger partial charge in [-0.2, -0.15) is 0 Å². The Balaban J connectivity index is 2.02. The van der Waals surface area contributed by atoms with E-state index in [0.717, 1.165) is 19.0 Å². The summed E-state index contributed by atoms with van der Waals surface area (Å²) in [6.45, 7) is 15.9. The summed E-state index contributed by atoms with van der Waals surface area (Å²) in [5, 5.41) is 6.97. The first kappa shape index (κ1) is 14.5. The summed E-state index contributed by atoms with van der Waals surface area (Å²) in [7, 11) is 0. The molecule has 19 heavy (non-hydrogen) atoms. The van der Waals surface area contributed by atoms with Crippen LogP contribution in [-0.4, -0.2) is 26.2 Å². The van der Waals surface area contributed by atoms with Gasteiger partial charge in [0, 0.05) is 31.6 Å². The van der Waals surface area contributed by atoms with Crippen LogP contribution in [-0.2, 0) is 5.41 Å². The van der Waals surface area contributed by atoms with Crippen LogP contribution < -0.4 is 10.6 Å². The van der Waals surface area contributed by atoms with Crippen LogP contribution in [0.3, 0.4) is 0 Å². The van der Waals surface area contributed by atoms with Gasteiger partial charge < -0.3 is 10.6 Å². The first-order chi connectivity index (χ1) is 8.90. The average Bonchev–Trinajstić information content (AvgIpc) is 2.26. The van der Waals surface area contributed by atoms with Crippen LogP contribution in [0, 0.1) is 26.7 Å². The predicted molar refractivity (Wildman–Crippen MR) is 82.9 cm³/mol. The van der Waals surface area contributed by atoms with Gasteiger partial charge in [0.25, 0.3) is 0 Å². The lowest BCUT2D eigenvalue weighted by molar-refractivity contribution is 0.319. The summed E-state index contributed by atoms with van der Waals surface area (Å²) in [4.78, 5) is 0. The van der Waals surface area contributed by atoms with E-state index in [9.17, 15) is 0 Å². The Morgan fingerprint density at radius 2 is 1.74 bits per heavy atom. The summed E-state index contributed by atoms with van der Waals surface area (Å²) in [6.07, 6.45) is 0. The fraction of sp³-hybridized carbons (Fsp3) is 0.647. The van der Waals surface area contributed by atoms with E-state index in [1.54, 1.807) is 0 Å². The molecule has 0 radical (unpaired) electrons. The third-order valence-electron chi connectivity index (χ3n) is 4.44. The Morgan fingerprint density at radius 1 is 1.11 bits per heavy atom. The van der Waals surface area contributed by atoms with Gasteiger partial charge >= 0.3 is 0 Å². The number of benzene rings is 1. The lowest BCUT2D eigenvalue weighted by atomic mass is 9.80. The third-order valence-corrected chi connectivity index (χ3v) is 4.44. The average molecular weight is 260 g/mol. The van der Waals surface area contributed by atoms with Crippen molar-refractivity contribution < 1.29 is 0 Å². The van der Waals surface area contributed by atoms with Crippen LogP contribution >= 0.6 is 0 Å². The molecule has 2 heteroatoms. The second-order valence-corrected chi connectivity index (χ2v) is 6.79. The van der Waals surface area contributed by atoms with Crippen LogP contribution in [0.1, 0.15) is 36.1 Å². The van der Waals surface area contributed by atoms with Gasteiger partial charge in [0.15, 0.2) is 0 Å². The fourth-order valence-corrected chi connectivity index (χ4v) is 2.87. The second kappa shape index (κ2) is 5.64. The highest BCUT2D eigenvalue weighted by molar-refractivity contribution is 5.40. The maximum absolute atomic E-state index is 3.65. The van der Waals surface area contributed by atoms with Crippen molar-refractivity contribution in [1.29, 1.82) is 0 Å². The summed E-state index contributed by atoms with van der Waals surface area (Å²) in [6, 6.07) is 4.69. The molecular weight excluding hydrogens is 232 g/mol. The minimum absolute atomic E-state index is 0.194. The van der Waals surface area contributed by atoms with Crippen LogP contribution in [0.5, 0.6) is 0 Å². The van der Waals surface area contributed by atoms with Gasteiger partial charge in [-0.25, -0.2) is 0 Å². The fourth-order valence-electron chi connectivity index (χ4n) is 2.87. The Morgan fingerprint density at radius 3 is 2.32 bits per heavy atom. The highest BCUT2D eigenvalue weighted by Crippen LogP contribution is 2.28. The lowest BCUT2D eigenvalue weighted by Crippen LogP contribution is -2.48. The molecule has 0 aromatic heterocycles. The van der Waals surface area contributed by atoms with E-state index in [2.05, 4.69) is 57.4 Å². The first-order valence-electron chi connectivity index (χ1n) is 7.40. The third kappa shape index (κ3) is 3.37. The lowest BCUT2D eigenvalue weighted by Gasteiger charge is -2.32. The Hall–Kier alpha value is -0.860. The smallest absolute Gasteiger partial charge is 0.00434 e. The Bertz CT molecular complexity index is 445. The maximum atomic E-state index is 3.65. The van der Waals surface area contributed by atoms with Crippen molar-refractivity contribution in [2.75, 3.05) is 26.2 Å². The van der Waals surface area contributed by atoms with Crippen molar-refractivity contribution in [2.24, 2.45) is 5.92 Å². The summed E-state index contributed by atoms with van der Waals surface area (Å²) in [5.41, 5.74) is 5.89. The van der Waals surface area contributed by atoms with E-state index < -0.39 is 0 Å². The summed E-state index contributed by atoms with van der Waals surface area (Å²) in [5.74, 6) is 0.830. The van der Waals surface area contributed by atoms with Crippen LogP contribution in [0.15, 0.2) is 12.1 Å². The minimum atomic E-state index is 0.194. The number of nitrogens with one attached hydrogen (secondary N) is 2. The molecule has 0 unspecified atom stereocenters. The molecule has 0 aliphatic carbocycles. The Kier molecular flexibility index (Phi) is 4.32. The molecular formula is C17H28N2. The molecule has 0 spiro atoms. The second-order valence-electron chi connectivity index (χ2n) is 6.79. The van der Waals surface area contributed by atoms with E-state index in [1.165, 1.54) is 35.3 Å². The van der Waals surface area contributed by atoms with Crippen LogP contribution in [0.2, 0.25) is 0 Å². The predicted octanol–water partition coefficient (Wildman–Crippen LogP) is 2.70. The van der Waals surface area contributed by atoms with Gasteiger partial charge in [0.05, 0.1) is 0 Å². The SMILES string of the molecule is Cc1cc(C)c(C(C)(C)CNCC2CNC2)cc1C. The number of hydrogen-bond donors (Lipinski definition) is 2. The molecule has 106 valence electrons.